The van der Waals surface area contributed by atoms with Crippen molar-refractivity contribution in [1.29, 1.82) is 0 Å². The summed E-state index contributed by atoms with van der Waals surface area (Å²) in [5.74, 6) is 0. The van der Waals surface area contributed by atoms with Gasteiger partial charge in [0.15, 0.2) is 0 Å². The number of hydrogen-bond acceptors (Lipinski definition) is 1. The summed E-state index contributed by atoms with van der Waals surface area (Å²) in [5, 5.41) is 3.99. The molecule has 1 aliphatic heterocycles. The van der Waals surface area contributed by atoms with Crippen molar-refractivity contribution in [2.75, 3.05) is 5.32 Å². The van der Waals surface area contributed by atoms with E-state index in [1.54, 1.807) is 0 Å². The fraction of sp³-hybridized carbons (Fsp3) is 0. The van der Waals surface area contributed by atoms with Crippen molar-refractivity contribution in [2.45, 2.75) is 0 Å². The molecule has 1 aliphatic rings. The first-order valence-electron chi connectivity index (χ1n) is 4.95. The maximum atomic E-state index is 5.93. The molecule has 0 fully saturated rings. The number of nitrogens with one attached hydrogen (secondary N) is 1. The van der Waals surface area contributed by atoms with Gasteiger partial charge in [-0.1, -0.05) is 23.7 Å². The Labute approximate surface area is 98.3 Å². The molecule has 2 aromatic rings. The summed E-state index contributed by atoms with van der Waals surface area (Å²) >= 11 is 5.93. The van der Waals surface area contributed by atoms with Crippen molar-refractivity contribution in [1.82, 2.24) is 0 Å². The number of rotatable bonds is 0. The predicted molar refractivity (Wildman–Crippen MR) is 67.2 cm³/mol. The molecule has 0 radical (unpaired) electrons. The lowest BCUT2D eigenvalue weighted by Gasteiger charge is -2.03. The van der Waals surface area contributed by atoms with E-state index in [0.29, 0.717) is 5.02 Å². The zero-order chi connectivity index (χ0) is 11.0. The van der Waals surface area contributed by atoms with Crippen LogP contribution in [-0.4, -0.2) is 0 Å². The highest BCUT2D eigenvalue weighted by molar-refractivity contribution is 6.31. The van der Waals surface area contributed by atoms with Gasteiger partial charge in [0.25, 0.3) is 0 Å². The van der Waals surface area contributed by atoms with Crippen LogP contribution in [0.15, 0.2) is 42.5 Å². The Morgan fingerprint density at radius 1 is 1.06 bits per heavy atom. The highest BCUT2D eigenvalue weighted by Gasteiger charge is 2.17. The van der Waals surface area contributed by atoms with Crippen molar-refractivity contribution in [3.05, 3.63) is 57.9 Å². The second-order valence-corrected chi connectivity index (χ2v) is 3.99. The average Bonchev–Trinajstić information content (AvgIpc) is 2.48. The number of benzene rings is 2. The van der Waals surface area contributed by atoms with Crippen LogP contribution in [0.2, 0.25) is 5.02 Å². The molecule has 3 heteroatoms. The number of fused-ring (bicyclic) bond motifs is 2. The Morgan fingerprint density at radius 3 is 2.88 bits per heavy atom. The van der Waals surface area contributed by atoms with Crippen LogP contribution < -0.4 is 5.32 Å². The lowest BCUT2D eigenvalue weighted by atomic mass is 10.2. The van der Waals surface area contributed by atoms with Gasteiger partial charge in [-0.3, -0.25) is 0 Å². The van der Waals surface area contributed by atoms with E-state index in [0.717, 1.165) is 22.6 Å². The Kier molecular flexibility index (Phi) is 2.05. The van der Waals surface area contributed by atoms with E-state index in [2.05, 4.69) is 16.2 Å². The minimum atomic E-state index is 0.678. The lowest BCUT2D eigenvalue weighted by molar-refractivity contribution is 1.55. The van der Waals surface area contributed by atoms with Crippen LogP contribution in [0.25, 0.3) is 4.85 Å². The molecule has 2 aromatic carbocycles. The van der Waals surface area contributed by atoms with Gasteiger partial charge in [0, 0.05) is 5.02 Å². The molecule has 0 aromatic heterocycles. The molecule has 0 spiro atoms. The molecule has 0 atom stereocenters. The van der Waals surface area contributed by atoms with Gasteiger partial charge in [0.2, 0.25) is 0 Å². The molecule has 76 valence electrons. The largest absolute Gasteiger partial charge is 0.365 e. The van der Waals surface area contributed by atoms with Crippen LogP contribution in [0.1, 0.15) is 5.56 Å². The maximum absolute atomic E-state index is 5.93. The molecule has 0 aliphatic carbocycles. The van der Waals surface area contributed by atoms with Gasteiger partial charge in [0.1, 0.15) is 11.3 Å². The van der Waals surface area contributed by atoms with Crippen LogP contribution in [0.4, 0.5) is 17.1 Å². The molecule has 16 heavy (non-hydrogen) atoms. The number of hydrogen-bond donors (Lipinski definition) is 1. The SMILES string of the molecule is Clc1ccc2c(c1)[N+]#Cc1ccccc1N2. The topological polar surface area (TPSA) is 16.4 Å². The summed E-state index contributed by atoms with van der Waals surface area (Å²) in [7, 11) is 0. The number of nitrogens with zero attached hydrogens (tertiary/aromatic N) is 1. The summed E-state index contributed by atoms with van der Waals surface area (Å²) in [4.78, 5) is 4.29. The Hall–Kier alpha value is -1.98. The lowest BCUT2D eigenvalue weighted by Crippen LogP contribution is -1.91. The van der Waals surface area contributed by atoms with E-state index in [-0.39, 0.29) is 0 Å². The number of halogens is 1. The highest BCUT2D eigenvalue weighted by atomic mass is 35.5. The van der Waals surface area contributed by atoms with Gasteiger partial charge in [-0.2, -0.15) is 0 Å². The summed E-state index contributed by atoms with van der Waals surface area (Å²) in [5.41, 5.74) is 3.72. The van der Waals surface area contributed by atoms with Gasteiger partial charge in [0.05, 0.1) is 11.8 Å². The molecule has 0 amide bonds. The quantitative estimate of drug-likeness (QED) is 0.602. The zero-order valence-electron chi connectivity index (χ0n) is 8.37. The molecule has 3 rings (SSSR count). The predicted octanol–water partition coefficient (Wildman–Crippen LogP) is 4.41. The summed E-state index contributed by atoms with van der Waals surface area (Å²) in [6.45, 7) is 0. The van der Waals surface area contributed by atoms with E-state index in [4.69, 9.17) is 11.6 Å². The van der Waals surface area contributed by atoms with Crippen LogP contribution in [0.3, 0.4) is 0 Å². The van der Waals surface area contributed by atoms with Gasteiger partial charge in [-0.05, 0) is 29.1 Å². The van der Waals surface area contributed by atoms with Crippen LogP contribution in [0.5, 0.6) is 0 Å². The fourth-order valence-corrected chi connectivity index (χ4v) is 1.82. The Balaban J connectivity index is 2.20. The van der Waals surface area contributed by atoms with Crippen LogP contribution in [-0.2, 0) is 0 Å². The van der Waals surface area contributed by atoms with E-state index < -0.39 is 0 Å². The summed E-state index contributed by atoms with van der Waals surface area (Å²) in [6.07, 6.45) is 0. The Morgan fingerprint density at radius 2 is 1.94 bits per heavy atom. The molecule has 0 saturated heterocycles. The van der Waals surface area contributed by atoms with Crippen molar-refractivity contribution < 1.29 is 0 Å². The molecule has 0 saturated carbocycles. The molecule has 1 N–H and O–H groups in total. The molecule has 1 heterocycles. The van der Waals surface area contributed by atoms with Crippen molar-refractivity contribution in [2.24, 2.45) is 0 Å². The first kappa shape index (κ1) is 9.26. The van der Waals surface area contributed by atoms with E-state index in [1.807, 2.05) is 42.5 Å². The summed E-state index contributed by atoms with van der Waals surface area (Å²) in [6, 6.07) is 16.5. The molecular formula is C13H8ClN2+. The molecule has 0 bridgehead atoms. The third-order valence-electron chi connectivity index (χ3n) is 2.45. The van der Waals surface area contributed by atoms with Crippen molar-refractivity contribution >= 4 is 28.7 Å². The third-order valence-corrected chi connectivity index (χ3v) is 2.69. The number of para-hydroxylation sites is 1. The van der Waals surface area contributed by atoms with E-state index in [1.165, 1.54) is 0 Å². The second kappa shape index (κ2) is 3.55. The average molecular weight is 228 g/mol. The second-order valence-electron chi connectivity index (χ2n) is 3.56. The van der Waals surface area contributed by atoms with E-state index in [9.17, 15) is 0 Å². The number of anilines is 2. The standard InChI is InChI=1S/C13H7ClN2/c14-10-5-6-12-13(7-10)15-8-9-3-1-2-4-11(9)16-12/h1-7H/p+1. The Bertz CT molecular complexity index is 623. The monoisotopic (exact) mass is 227 g/mol. The summed E-state index contributed by atoms with van der Waals surface area (Å²) < 4.78 is 0. The normalized spacial score (nSPS) is 11.3. The molecule has 2 nitrogen and oxygen atoms in total. The van der Waals surface area contributed by atoms with Gasteiger partial charge < -0.3 is 5.32 Å². The van der Waals surface area contributed by atoms with Gasteiger partial charge in [-0.25, -0.2) is 0 Å². The molecule has 0 unspecified atom stereocenters. The fourth-order valence-electron chi connectivity index (χ4n) is 1.66. The van der Waals surface area contributed by atoms with Crippen LogP contribution in [0, 0.1) is 6.07 Å². The minimum absolute atomic E-state index is 0.678. The minimum Gasteiger partial charge on any atom is -0.348 e. The highest BCUT2D eigenvalue weighted by Crippen LogP contribution is 2.34. The van der Waals surface area contributed by atoms with Gasteiger partial charge in [-0.15, -0.1) is 0 Å². The maximum Gasteiger partial charge on any atom is 0.365 e. The first-order chi connectivity index (χ1) is 7.83. The molecular weight excluding hydrogens is 220 g/mol. The van der Waals surface area contributed by atoms with Crippen molar-refractivity contribution in [3.63, 3.8) is 0 Å². The third kappa shape index (κ3) is 1.52. The first-order valence-corrected chi connectivity index (χ1v) is 5.33. The van der Waals surface area contributed by atoms with E-state index >= 15 is 0 Å². The zero-order valence-corrected chi connectivity index (χ0v) is 9.12. The van der Waals surface area contributed by atoms with Crippen LogP contribution >= 0.6 is 11.6 Å². The van der Waals surface area contributed by atoms with Crippen molar-refractivity contribution in [3.8, 4) is 6.07 Å². The van der Waals surface area contributed by atoms with Gasteiger partial charge >= 0.3 is 11.8 Å². The smallest absolute Gasteiger partial charge is 0.348 e.